The van der Waals surface area contributed by atoms with Crippen molar-refractivity contribution < 1.29 is 9.18 Å². The van der Waals surface area contributed by atoms with E-state index < -0.39 is 17.8 Å². The number of hydrogen-bond donors (Lipinski definition) is 2. The number of carbonyl (C=O) groups is 1. The molecule has 1 amide bonds. The molecule has 0 aromatic heterocycles. The molecule has 0 heterocycles. The first-order chi connectivity index (χ1) is 6.11. The molecule has 1 rings (SSSR count). The van der Waals surface area contributed by atoms with Crippen molar-refractivity contribution in [2.24, 2.45) is 5.73 Å². The van der Waals surface area contributed by atoms with E-state index in [1.165, 1.54) is 19.1 Å². The van der Waals surface area contributed by atoms with Gasteiger partial charge in [0.1, 0.15) is 5.82 Å². The van der Waals surface area contributed by atoms with E-state index >= 15 is 0 Å². The fourth-order valence-corrected chi connectivity index (χ4v) is 0.809. The van der Waals surface area contributed by atoms with E-state index in [1.807, 2.05) is 0 Å². The molecule has 0 saturated carbocycles. The molecule has 1 aromatic rings. The molecule has 1 atom stereocenters. The minimum absolute atomic E-state index is 0. The summed E-state index contributed by atoms with van der Waals surface area (Å²) in [5.41, 5.74) is 5.46. The summed E-state index contributed by atoms with van der Waals surface area (Å²) in [4.78, 5) is 11.1. The van der Waals surface area contributed by atoms with Gasteiger partial charge in [0.05, 0.1) is 11.7 Å². The lowest BCUT2D eigenvalue weighted by atomic mass is 10.3. The topological polar surface area (TPSA) is 55.1 Å². The molecule has 78 valence electrons. The smallest absolute Gasteiger partial charge is 0.241 e. The minimum Gasteiger partial charge on any atom is -0.322 e. The molecule has 0 aliphatic rings. The third-order valence-corrected chi connectivity index (χ3v) is 1.55. The molecule has 0 aliphatic carbocycles. The second-order valence-corrected chi connectivity index (χ2v) is 2.76. The number of benzene rings is 1. The number of hydrogen-bond acceptors (Lipinski definition) is 2. The van der Waals surface area contributed by atoms with Gasteiger partial charge in [0.2, 0.25) is 5.91 Å². The second-order valence-electron chi connectivity index (χ2n) is 2.76. The average molecular weight is 219 g/mol. The Hall–Kier alpha value is -1.13. The van der Waals surface area contributed by atoms with Crippen LogP contribution in [0.2, 0.25) is 0 Å². The van der Waals surface area contributed by atoms with Crippen LogP contribution in [0.3, 0.4) is 0 Å². The average Bonchev–Trinajstić information content (AvgIpc) is 2.08. The SMILES string of the molecule is C[C@H](N)C(=O)Nc1ccccc1F.Cl. The van der Waals surface area contributed by atoms with E-state index in [1.54, 1.807) is 12.1 Å². The Morgan fingerprint density at radius 3 is 2.57 bits per heavy atom. The van der Waals surface area contributed by atoms with Crippen LogP contribution in [0.5, 0.6) is 0 Å². The molecule has 14 heavy (non-hydrogen) atoms. The summed E-state index contributed by atoms with van der Waals surface area (Å²) in [5.74, 6) is -0.860. The Kier molecular flexibility index (Phi) is 5.12. The largest absolute Gasteiger partial charge is 0.322 e. The molecule has 0 saturated heterocycles. The fraction of sp³-hybridized carbons (Fsp3) is 0.222. The standard InChI is InChI=1S/C9H11FN2O.ClH/c1-6(11)9(13)12-8-5-3-2-4-7(8)10;/h2-6H,11H2,1H3,(H,12,13);1H/t6-;/m0./s1. The van der Waals surface area contributed by atoms with Crippen molar-refractivity contribution in [2.75, 3.05) is 5.32 Å². The number of carbonyl (C=O) groups excluding carboxylic acids is 1. The zero-order valence-electron chi connectivity index (χ0n) is 7.66. The Morgan fingerprint density at radius 1 is 1.50 bits per heavy atom. The normalized spacial score (nSPS) is 11.4. The lowest BCUT2D eigenvalue weighted by molar-refractivity contribution is -0.117. The van der Waals surface area contributed by atoms with E-state index in [4.69, 9.17) is 5.73 Å². The third-order valence-electron chi connectivity index (χ3n) is 1.55. The maximum atomic E-state index is 13.0. The van der Waals surface area contributed by atoms with Gasteiger partial charge in [0.15, 0.2) is 0 Å². The number of rotatable bonds is 2. The van der Waals surface area contributed by atoms with Gasteiger partial charge in [-0.25, -0.2) is 4.39 Å². The Bertz CT molecular complexity index is 317. The van der Waals surface area contributed by atoms with Gasteiger partial charge >= 0.3 is 0 Å². The molecule has 0 spiro atoms. The number of amides is 1. The Balaban J connectivity index is 0.00000169. The molecular formula is C9H12ClFN2O. The van der Waals surface area contributed by atoms with Crippen LogP contribution >= 0.6 is 12.4 Å². The summed E-state index contributed by atoms with van der Waals surface area (Å²) in [5, 5.41) is 2.37. The maximum Gasteiger partial charge on any atom is 0.241 e. The number of nitrogens with two attached hydrogens (primary N) is 1. The van der Waals surface area contributed by atoms with Crippen LogP contribution < -0.4 is 11.1 Å². The van der Waals surface area contributed by atoms with Crippen molar-refractivity contribution in [1.29, 1.82) is 0 Å². The van der Waals surface area contributed by atoms with E-state index in [9.17, 15) is 9.18 Å². The molecular weight excluding hydrogens is 207 g/mol. The summed E-state index contributed by atoms with van der Waals surface area (Å²) in [6.45, 7) is 1.54. The molecule has 0 radical (unpaired) electrons. The van der Waals surface area contributed by atoms with Crippen molar-refractivity contribution in [1.82, 2.24) is 0 Å². The summed E-state index contributed by atoms with van der Waals surface area (Å²) in [6.07, 6.45) is 0. The van der Waals surface area contributed by atoms with Crippen LogP contribution in [0.1, 0.15) is 6.92 Å². The zero-order chi connectivity index (χ0) is 9.84. The Labute approximate surface area is 87.9 Å². The second kappa shape index (κ2) is 5.57. The highest BCUT2D eigenvalue weighted by molar-refractivity contribution is 5.94. The predicted octanol–water partition coefficient (Wildman–Crippen LogP) is 1.53. The number of halogens is 2. The molecule has 3 N–H and O–H groups in total. The molecule has 1 aromatic carbocycles. The van der Waals surface area contributed by atoms with Crippen molar-refractivity contribution in [2.45, 2.75) is 13.0 Å². The summed E-state index contributed by atoms with van der Waals surface area (Å²) in [6, 6.07) is 5.31. The lowest BCUT2D eigenvalue weighted by Gasteiger charge is -2.07. The molecule has 5 heteroatoms. The molecule has 0 unspecified atom stereocenters. The molecule has 3 nitrogen and oxygen atoms in total. The van der Waals surface area contributed by atoms with Gasteiger partial charge in [-0.05, 0) is 19.1 Å². The quantitative estimate of drug-likeness (QED) is 0.791. The number of para-hydroxylation sites is 1. The van der Waals surface area contributed by atoms with Crippen LogP contribution in [-0.4, -0.2) is 11.9 Å². The number of anilines is 1. The zero-order valence-corrected chi connectivity index (χ0v) is 8.48. The highest BCUT2D eigenvalue weighted by Crippen LogP contribution is 2.12. The summed E-state index contributed by atoms with van der Waals surface area (Å²) in [7, 11) is 0. The molecule has 0 aliphatic heterocycles. The molecule has 0 bridgehead atoms. The van der Waals surface area contributed by atoms with E-state index in [2.05, 4.69) is 5.32 Å². The predicted molar refractivity (Wildman–Crippen MR) is 55.9 cm³/mol. The fourth-order valence-electron chi connectivity index (χ4n) is 0.809. The summed E-state index contributed by atoms with van der Waals surface area (Å²) < 4.78 is 13.0. The number of nitrogens with one attached hydrogen (secondary N) is 1. The maximum absolute atomic E-state index is 13.0. The van der Waals surface area contributed by atoms with Crippen molar-refractivity contribution in [3.05, 3.63) is 30.1 Å². The van der Waals surface area contributed by atoms with Gasteiger partial charge in [-0.2, -0.15) is 0 Å². The van der Waals surface area contributed by atoms with Gasteiger partial charge in [0, 0.05) is 0 Å². The van der Waals surface area contributed by atoms with Gasteiger partial charge in [-0.3, -0.25) is 4.79 Å². The van der Waals surface area contributed by atoms with Gasteiger partial charge < -0.3 is 11.1 Å². The first kappa shape index (κ1) is 12.9. The summed E-state index contributed by atoms with van der Waals surface area (Å²) >= 11 is 0. The van der Waals surface area contributed by atoms with Crippen LogP contribution in [-0.2, 0) is 4.79 Å². The third kappa shape index (κ3) is 3.32. The van der Waals surface area contributed by atoms with Gasteiger partial charge in [-0.15, -0.1) is 12.4 Å². The lowest BCUT2D eigenvalue weighted by Crippen LogP contribution is -2.32. The van der Waals surface area contributed by atoms with Crippen molar-refractivity contribution >= 4 is 24.0 Å². The Morgan fingerprint density at radius 2 is 2.07 bits per heavy atom. The highest BCUT2D eigenvalue weighted by Gasteiger charge is 2.09. The monoisotopic (exact) mass is 218 g/mol. The van der Waals surface area contributed by atoms with Crippen LogP contribution in [0, 0.1) is 5.82 Å². The van der Waals surface area contributed by atoms with Crippen LogP contribution in [0.4, 0.5) is 10.1 Å². The van der Waals surface area contributed by atoms with Crippen LogP contribution in [0.15, 0.2) is 24.3 Å². The first-order valence-electron chi connectivity index (χ1n) is 3.92. The van der Waals surface area contributed by atoms with Crippen molar-refractivity contribution in [3.63, 3.8) is 0 Å². The molecule has 0 fully saturated rings. The van der Waals surface area contributed by atoms with Gasteiger partial charge in [-0.1, -0.05) is 12.1 Å². The van der Waals surface area contributed by atoms with Gasteiger partial charge in [0.25, 0.3) is 0 Å². The van der Waals surface area contributed by atoms with E-state index in [-0.39, 0.29) is 18.1 Å². The van der Waals surface area contributed by atoms with E-state index in [0.29, 0.717) is 0 Å². The highest BCUT2D eigenvalue weighted by atomic mass is 35.5. The van der Waals surface area contributed by atoms with E-state index in [0.717, 1.165) is 0 Å². The van der Waals surface area contributed by atoms with Crippen molar-refractivity contribution in [3.8, 4) is 0 Å². The van der Waals surface area contributed by atoms with Crippen LogP contribution in [0.25, 0.3) is 0 Å². The first-order valence-corrected chi connectivity index (χ1v) is 3.92. The minimum atomic E-state index is -0.639.